The Bertz CT molecular complexity index is 2450. The van der Waals surface area contributed by atoms with E-state index < -0.39 is 83.2 Å². The number of nitrogens with zero attached hydrogens (tertiary/aromatic N) is 4. The van der Waals surface area contributed by atoms with Crippen LogP contribution in [0.25, 0.3) is 0 Å². The van der Waals surface area contributed by atoms with Crippen molar-refractivity contribution in [1.29, 1.82) is 0 Å². The fourth-order valence-corrected chi connectivity index (χ4v) is 11.8. The van der Waals surface area contributed by atoms with Gasteiger partial charge < -0.3 is 39.0 Å². The summed E-state index contributed by atoms with van der Waals surface area (Å²) in [5, 5.41) is 24.5. The monoisotopic (exact) mass is 1060 g/mol. The summed E-state index contributed by atoms with van der Waals surface area (Å²) in [6, 6.07) is 2.30. The quantitative estimate of drug-likeness (QED) is 0.145. The minimum Gasteiger partial charge on any atom is -0.495 e. The Labute approximate surface area is 433 Å². The van der Waals surface area contributed by atoms with E-state index in [0.717, 1.165) is 16.0 Å². The number of anilines is 1. The van der Waals surface area contributed by atoms with Crippen LogP contribution in [0, 0.1) is 17.8 Å². The van der Waals surface area contributed by atoms with Gasteiger partial charge in [-0.05, 0) is 76.5 Å². The number of hydrogen-bond acceptors (Lipinski definition) is 16. The highest BCUT2D eigenvalue weighted by Crippen LogP contribution is 2.49. The normalized spacial score (nSPS) is 32.5. The molecule has 1 aliphatic carbocycles. The van der Waals surface area contributed by atoms with Gasteiger partial charge in [0.2, 0.25) is 35.4 Å². The summed E-state index contributed by atoms with van der Waals surface area (Å²) in [7, 11) is 4.40. The van der Waals surface area contributed by atoms with E-state index in [0.29, 0.717) is 43.5 Å². The Morgan fingerprint density at radius 2 is 1.70 bits per heavy atom. The summed E-state index contributed by atoms with van der Waals surface area (Å²) in [4.78, 5) is 123. The smallest absolute Gasteiger partial charge is 0.409 e. The number of halogens is 1. The van der Waals surface area contributed by atoms with Gasteiger partial charge in [-0.3, -0.25) is 48.7 Å². The number of allylic oxidation sites excluding steroid dienone is 3. The number of Topliss-reactive ketones (excluding diaryl/α,β-unsaturated/α-hetero) is 1. The van der Waals surface area contributed by atoms with Crippen LogP contribution < -0.4 is 15.0 Å². The fraction of sp³-hybridized carbons (Fsp3) is 0.627. The molecule has 1 aromatic rings. The predicted molar refractivity (Wildman–Crippen MR) is 265 cm³/mol. The molecule has 398 valence electrons. The molecule has 0 spiro atoms. The Balaban J connectivity index is 0.978. The van der Waals surface area contributed by atoms with Crippen LogP contribution in [-0.2, 0) is 59.0 Å². The maximum Gasteiger partial charge on any atom is 0.409 e. The van der Waals surface area contributed by atoms with Gasteiger partial charge in [0.25, 0.3) is 0 Å². The molecule has 1 aromatic carbocycles. The lowest BCUT2D eigenvalue weighted by atomic mass is 9.79. The summed E-state index contributed by atoms with van der Waals surface area (Å²) in [5.74, 6) is -3.78. The lowest BCUT2D eigenvalue weighted by Gasteiger charge is -2.41. The van der Waals surface area contributed by atoms with Crippen LogP contribution in [-0.4, -0.2) is 165 Å². The van der Waals surface area contributed by atoms with Crippen LogP contribution in [0.3, 0.4) is 0 Å². The number of thioether (sulfide) groups is 1. The third-order valence-electron chi connectivity index (χ3n) is 15.3. The molecule has 1 saturated carbocycles. The van der Waals surface area contributed by atoms with E-state index in [4.69, 9.17) is 30.5 Å². The first-order valence-electron chi connectivity index (χ1n) is 24.8. The van der Waals surface area contributed by atoms with Gasteiger partial charge in [-0.15, -0.1) is 11.8 Å². The number of rotatable bonds is 13. The van der Waals surface area contributed by atoms with Gasteiger partial charge in [0.05, 0.1) is 37.1 Å². The third-order valence-corrected chi connectivity index (χ3v) is 16.9. The number of esters is 1. The van der Waals surface area contributed by atoms with E-state index in [-0.39, 0.29) is 97.2 Å². The number of aliphatic hydroxyl groups excluding tert-OH is 1. The van der Waals surface area contributed by atoms with Gasteiger partial charge in [-0.25, -0.2) is 9.59 Å². The van der Waals surface area contributed by atoms with E-state index in [1.807, 2.05) is 6.92 Å². The summed E-state index contributed by atoms with van der Waals surface area (Å²) < 4.78 is 23.5. The SMILES string of the molecule is COc1cc2cc(c1Cl)N(C)C(=O)C[C@H](OC(=O)[C@H](C)N(C)C(=O)CCSC1CC(=O)N(C[C@H]3CC[C@H](C(=O)CN4C(=O)CCC4=O)CC3)C1=O)[C@]1(C)O[C@H]1[C@H](C)[C@@H]1C[C@@](O)(NC(=O)O1)[C@H](O)/C=C/C=C(\C)C2. The number of ketones is 1. The zero-order valence-corrected chi connectivity index (χ0v) is 43.8. The Kier molecular flexibility index (Phi) is 17.2. The molecule has 7 amide bonds. The Morgan fingerprint density at radius 3 is 2.37 bits per heavy atom. The predicted octanol–water partition coefficient (Wildman–Crippen LogP) is 3.64. The number of imide groups is 2. The van der Waals surface area contributed by atoms with Crippen LogP contribution in [0.1, 0.15) is 97.5 Å². The number of carbonyl (C=O) groups is 9. The molecule has 6 aliphatic rings. The first-order valence-corrected chi connectivity index (χ1v) is 26.2. The van der Waals surface area contributed by atoms with Gasteiger partial charge in [-0.1, -0.05) is 42.3 Å². The molecule has 9 atom stereocenters. The maximum absolute atomic E-state index is 14.3. The van der Waals surface area contributed by atoms with Gasteiger partial charge in [-0.2, -0.15) is 0 Å². The number of likely N-dealkylation sites (N-methyl/N-ethyl adjacent to an activating group) is 1. The number of nitrogens with one attached hydrogen (secondary N) is 1. The molecule has 1 unspecified atom stereocenters. The van der Waals surface area contributed by atoms with Crippen LogP contribution in [0.15, 0.2) is 35.9 Å². The molecule has 4 saturated heterocycles. The average Bonchev–Trinajstić information content (AvgIpc) is 3.86. The minimum atomic E-state index is -2.12. The number of fused-ring (bicyclic) bond motifs is 5. The first-order chi connectivity index (χ1) is 34.4. The summed E-state index contributed by atoms with van der Waals surface area (Å²) >= 11 is 7.96. The van der Waals surface area contributed by atoms with Crippen molar-refractivity contribution in [2.24, 2.45) is 17.8 Å². The zero-order valence-electron chi connectivity index (χ0n) is 42.3. The number of likely N-dealkylation sites (tertiary alicyclic amines) is 2. The molecule has 5 fully saturated rings. The summed E-state index contributed by atoms with van der Waals surface area (Å²) in [5.41, 5.74) is -1.59. The van der Waals surface area contributed by atoms with Gasteiger partial charge >= 0.3 is 12.1 Å². The number of methoxy groups -OCH3 is 1. The topological polar surface area (TPSA) is 259 Å². The molecular formula is C51H66ClN5O15S. The fourth-order valence-electron chi connectivity index (χ4n) is 10.4. The number of hydrogen-bond donors (Lipinski definition) is 3. The molecule has 0 radical (unpaired) electrons. The van der Waals surface area contributed by atoms with Crippen LogP contribution in [0.2, 0.25) is 5.02 Å². The molecule has 73 heavy (non-hydrogen) atoms. The standard InChI is InChI=1S/C51H66ClN5O15S/c1-27-9-8-10-38(59)51(68)24-36(70-49(67)53-51)28(2)46-50(4,72-46)39(23-43(63)55(6)33-20-31(19-27)21-35(69-7)45(33)52)71-48(66)29(3)54(5)40(60)17-18-73-37-22-44(64)57(47(37)65)25-30-11-13-32(14-12-30)34(58)26-56-41(61)15-16-42(56)62/h8-10,20-21,28-30,32,36-39,46,59,68H,11-19,22-26H2,1-7H3,(H,53,67)/b10-8+,27-9+/t28-,29+,30-,32-,36+,37?,38-,39+,46+,50+,51+/m1/s1. The second kappa shape index (κ2) is 22.6. The maximum atomic E-state index is 14.3. The molecule has 5 heterocycles. The lowest BCUT2D eigenvalue weighted by Crippen LogP contribution is -2.63. The van der Waals surface area contributed by atoms with E-state index in [9.17, 15) is 53.4 Å². The number of amides is 7. The van der Waals surface area contributed by atoms with Crippen molar-refractivity contribution < 1.29 is 72.3 Å². The lowest BCUT2D eigenvalue weighted by molar-refractivity contribution is -0.162. The van der Waals surface area contributed by atoms with Crippen molar-refractivity contribution in [2.45, 2.75) is 145 Å². The Morgan fingerprint density at radius 1 is 1.01 bits per heavy atom. The number of epoxide rings is 1. The highest BCUT2D eigenvalue weighted by molar-refractivity contribution is 8.00. The molecule has 22 heteroatoms. The van der Waals surface area contributed by atoms with Crippen molar-refractivity contribution in [1.82, 2.24) is 20.0 Å². The number of carbonyl (C=O) groups excluding carboxylic acids is 9. The van der Waals surface area contributed by atoms with Crippen molar-refractivity contribution in [2.75, 3.05) is 44.9 Å². The summed E-state index contributed by atoms with van der Waals surface area (Å²) in [6.45, 7) is 6.69. The van der Waals surface area contributed by atoms with E-state index >= 15 is 0 Å². The zero-order chi connectivity index (χ0) is 53.3. The van der Waals surface area contributed by atoms with Crippen molar-refractivity contribution in [3.05, 3.63) is 46.5 Å². The minimum absolute atomic E-state index is 0.00203. The molecular weight excluding hydrogens is 990 g/mol. The molecule has 4 bridgehead atoms. The van der Waals surface area contributed by atoms with Crippen LogP contribution in [0.4, 0.5) is 10.5 Å². The molecule has 7 rings (SSSR count). The van der Waals surface area contributed by atoms with Crippen molar-refractivity contribution in [3.63, 3.8) is 0 Å². The van der Waals surface area contributed by atoms with E-state index in [1.54, 1.807) is 38.1 Å². The van der Waals surface area contributed by atoms with E-state index in [2.05, 4.69) is 5.32 Å². The second-order valence-corrected chi connectivity index (χ2v) is 22.1. The average molecular weight is 1060 g/mol. The molecule has 5 aliphatic heterocycles. The van der Waals surface area contributed by atoms with Gasteiger partial charge in [0.1, 0.15) is 40.7 Å². The highest BCUT2D eigenvalue weighted by atomic mass is 35.5. The van der Waals surface area contributed by atoms with Crippen LogP contribution >= 0.6 is 23.4 Å². The van der Waals surface area contributed by atoms with Gasteiger partial charge in [0, 0.05) is 70.3 Å². The Hall–Kier alpha value is -5.35. The number of aliphatic hydroxyl groups is 2. The first kappa shape index (κ1) is 55.4. The number of benzene rings is 1. The second-order valence-electron chi connectivity index (χ2n) is 20.4. The largest absolute Gasteiger partial charge is 0.495 e. The van der Waals surface area contributed by atoms with Crippen molar-refractivity contribution in [3.8, 4) is 5.75 Å². The van der Waals surface area contributed by atoms with Crippen molar-refractivity contribution >= 4 is 82.3 Å². The highest BCUT2D eigenvalue weighted by Gasteiger charge is 2.64. The van der Waals surface area contributed by atoms with E-state index in [1.165, 1.54) is 60.7 Å². The number of alkyl carbamates (subject to hydrolysis) is 1. The number of ether oxygens (including phenoxy) is 4. The van der Waals surface area contributed by atoms with Crippen LogP contribution in [0.5, 0.6) is 5.75 Å². The molecule has 3 N–H and O–H groups in total. The molecule has 20 nitrogen and oxygen atoms in total. The summed E-state index contributed by atoms with van der Waals surface area (Å²) in [6.07, 6.45) is 1.21. The van der Waals surface area contributed by atoms with Gasteiger partial charge in [0.15, 0.2) is 11.5 Å². The third kappa shape index (κ3) is 12.3. The molecule has 0 aromatic heterocycles.